The van der Waals surface area contributed by atoms with Crippen molar-refractivity contribution >= 4 is 17.2 Å². The molecule has 0 atom stereocenters. The van der Waals surface area contributed by atoms with Crippen LogP contribution >= 0.6 is 11.3 Å². The lowest BCUT2D eigenvalue weighted by Gasteiger charge is -2.31. The van der Waals surface area contributed by atoms with Gasteiger partial charge in [-0.1, -0.05) is 44.2 Å². The zero-order valence-electron chi connectivity index (χ0n) is 14.1. The second kappa shape index (κ2) is 7.70. The van der Waals surface area contributed by atoms with Crippen LogP contribution in [0.25, 0.3) is 0 Å². The SMILES string of the molecule is CCC(CC)(CN)NC(=O)c1sc(Cc2ccccc2)nc1C. The van der Waals surface area contributed by atoms with E-state index in [0.29, 0.717) is 11.4 Å². The van der Waals surface area contributed by atoms with Gasteiger partial charge in [-0.2, -0.15) is 0 Å². The molecule has 2 aromatic rings. The summed E-state index contributed by atoms with van der Waals surface area (Å²) in [5.41, 5.74) is 7.54. The van der Waals surface area contributed by atoms with Crippen LogP contribution in [0.3, 0.4) is 0 Å². The zero-order chi connectivity index (χ0) is 16.9. The first kappa shape index (κ1) is 17.6. The third kappa shape index (κ3) is 4.18. The summed E-state index contributed by atoms with van der Waals surface area (Å²) >= 11 is 1.47. The van der Waals surface area contributed by atoms with Gasteiger partial charge >= 0.3 is 0 Å². The van der Waals surface area contributed by atoms with Crippen molar-refractivity contribution in [1.82, 2.24) is 10.3 Å². The number of nitrogens with one attached hydrogen (secondary N) is 1. The number of nitrogens with two attached hydrogens (primary N) is 1. The van der Waals surface area contributed by atoms with E-state index in [4.69, 9.17) is 5.73 Å². The van der Waals surface area contributed by atoms with Gasteiger partial charge in [-0.25, -0.2) is 4.98 Å². The topological polar surface area (TPSA) is 68.0 Å². The largest absolute Gasteiger partial charge is 0.345 e. The third-order valence-corrected chi connectivity index (χ3v) is 5.52. The van der Waals surface area contributed by atoms with Crippen molar-refractivity contribution in [3.8, 4) is 0 Å². The van der Waals surface area contributed by atoms with Crippen molar-refractivity contribution < 1.29 is 4.79 Å². The highest BCUT2D eigenvalue weighted by atomic mass is 32.1. The summed E-state index contributed by atoms with van der Waals surface area (Å²) < 4.78 is 0. The number of aromatic nitrogens is 1. The maximum atomic E-state index is 12.6. The normalized spacial score (nSPS) is 11.5. The number of carbonyl (C=O) groups is 1. The molecule has 0 aliphatic rings. The molecule has 1 aromatic heterocycles. The van der Waals surface area contributed by atoms with E-state index in [0.717, 1.165) is 30.0 Å². The lowest BCUT2D eigenvalue weighted by molar-refractivity contribution is 0.0898. The monoisotopic (exact) mass is 331 g/mol. The van der Waals surface area contributed by atoms with Crippen LogP contribution < -0.4 is 11.1 Å². The third-order valence-electron chi connectivity index (χ3n) is 4.37. The molecular formula is C18H25N3OS. The molecule has 1 amide bonds. The smallest absolute Gasteiger partial charge is 0.263 e. The van der Waals surface area contributed by atoms with E-state index in [9.17, 15) is 4.79 Å². The number of amides is 1. The Kier molecular flexibility index (Phi) is 5.91. The molecule has 23 heavy (non-hydrogen) atoms. The Hall–Kier alpha value is -1.72. The lowest BCUT2D eigenvalue weighted by Crippen LogP contribution is -2.52. The molecule has 0 saturated heterocycles. The summed E-state index contributed by atoms with van der Waals surface area (Å²) in [7, 11) is 0. The van der Waals surface area contributed by atoms with Crippen LogP contribution in [0.2, 0.25) is 0 Å². The number of nitrogens with zero attached hydrogens (tertiary/aromatic N) is 1. The van der Waals surface area contributed by atoms with Gasteiger partial charge in [0.05, 0.1) is 16.2 Å². The quantitative estimate of drug-likeness (QED) is 0.818. The van der Waals surface area contributed by atoms with Crippen LogP contribution in [0.1, 0.15) is 52.6 Å². The Morgan fingerprint density at radius 3 is 2.48 bits per heavy atom. The predicted octanol–water partition coefficient (Wildman–Crippen LogP) is 3.29. The Morgan fingerprint density at radius 1 is 1.26 bits per heavy atom. The summed E-state index contributed by atoms with van der Waals surface area (Å²) in [6.45, 7) is 6.44. The van der Waals surface area contributed by atoms with E-state index in [2.05, 4.69) is 36.3 Å². The van der Waals surface area contributed by atoms with Crippen molar-refractivity contribution in [3.63, 3.8) is 0 Å². The van der Waals surface area contributed by atoms with Crippen molar-refractivity contribution in [2.45, 2.75) is 45.6 Å². The minimum absolute atomic E-state index is 0.0616. The minimum atomic E-state index is -0.326. The summed E-state index contributed by atoms with van der Waals surface area (Å²) in [5, 5.41) is 4.08. The molecule has 0 radical (unpaired) electrons. The van der Waals surface area contributed by atoms with Crippen LogP contribution in [-0.4, -0.2) is 23.0 Å². The minimum Gasteiger partial charge on any atom is -0.345 e. The standard InChI is InChI=1S/C18H25N3OS/c1-4-18(5-2,12-19)21-17(22)16-13(3)20-15(23-16)11-14-9-7-6-8-10-14/h6-10H,4-5,11-12,19H2,1-3H3,(H,21,22). The molecular weight excluding hydrogens is 306 g/mol. The van der Waals surface area contributed by atoms with Gasteiger partial charge in [0.15, 0.2) is 0 Å². The van der Waals surface area contributed by atoms with Gasteiger partial charge < -0.3 is 11.1 Å². The molecule has 0 spiro atoms. The molecule has 0 unspecified atom stereocenters. The highest BCUT2D eigenvalue weighted by Gasteiger charge is 2.28. The molecule has 5 heteroatoms. The highest BCUT2D eigenvalue weighted by Crippen LogP contribution is 2.22. The molecule has 0 aliphatic heterocycles. The van der Waals surface area contributed by atoms with Crippen molar-refractivity contribution in [2.75, 3.05) is 6.54 Å². The van der Waals surface area contributed by atoms with Crippen LogP contribution in [0, 0.1) is 6.92 Å². The maximum Gasteiger partial charge on any atom is 0.263 e. The number of benzene rings is 1. The number of hydrogen-bond acceptors (Lipinski definition) is 4. The molecule has 1 aromatic carbocycles. The molecule has 124 valence electrons. The fourth-order valence-corrected chi connectivity index (χ4v) is 3.57. The van der Waals surface area contributed by atoms with Gasteiger partial charge in [-0.05, 0) is 25.3 Å². The second-order valence-corrected chi connectivity index (χ2v) is 6.91. The summed E-state index contributed by atoms with van der Waals surface area (Å²) in [6.07, 6.45) is 2.39. The summed E-state index contributed by atoms with van der Waals surface area (Å²) in [5.74, 6) is -0.0616. The van der Waals surface area contributed by atoms with E-state index in [1.54, 1.807) is 0 Å². The number of rotatable bonds is 7. The number of carbonyl (C=O) groups excluding carboxylic acids is 1. The number of thiazole rings is 1. The number of aryl methyl sites for hydroxylation is 1. The Labute approximate surface area is 142 Å². The first-order valence-corrected chi connectivity index (χ1v) is 8.88. The Balaban J connectivity index is 2.15. The fourth-order valence-electron chi connectivity index (χ4n) is 2.57. The van der Waals surface area contributed by atoms with Crippen molar-refractivity contribution in [3.05, 3.63) is 51.5 Å². The van der Waals surface area contributed by atoms with E-state index in [-0.39, 0.29) is 11.4 Å². The van der Waals surface area contributed by atoms with Crippen molar-refractivity contribution in [2.24, 2.45) is 5.73 Å². The Bertz CT molecular complexity index is 639. The van der Waals surface area contributed by atoms with E-state index in [1.165, 1.54) is 16.9 Å². The van der Waals surface area contributed by atoms with Crippen LogP contribution in [0.15, 0.2) is 30.3 Å². The van der Waals surface area contributed by atoms with Gasteiger partial charge in [-0.3, -0.25) is 4.79 Å². The van der Waals surface area contributed by atoms with Gasteiger partial charge in [0.1, 0.15) is 4.88 Å². The highest BCUT2D eigenvalue weighted by molar-refractivity contribution is 7.13. The first-order chi connectivity index (χ1) is 11.0. The maximum absolute atomic E-state index is 12.6. The zero-order valence-corrected chi connectivity index (χ0v) is 14.9. The first-order valence-electron chi connectivity index (χ1n) is 8.06. The van der Waals surface area contributed by atoms with Crippen LogP contribution in [-0.2, 0) is 6.42 Å². The molecule has 0 bridgehead atoms. The van der Waals surface area contributed by atoms with Crippen LogP contribution in [0.5, 0.6) is 0 Å². The summed E-state index contributed by atoms with van der Waals surface area (Å²) in [6, 6.07) is 10.2. The van der Waals surface area contributed by atoms with E-state index >= 15 is 0 Å². The van der Waals surface area contributed by atoms with E-state index in [1.807, 2.05) is 25.1 Å². The molecule has 3 N–H and O–H groups in total. The van der Waals surface area contributed by atoms with E-state index < -0.39 is 0 Å². The van der Waals surface area contributed by atoms with Crippen LogP contribution in [0.4, 0.5) is 0 Å². The second-order valence-electron chi connectivity index (χ2n) is 5.83. The van der Waals surface area contributed by atoms with Gasteiger partial charge in [0, 0.05) is 13.0 Å². The number of hydrogen-bond donors (Lipinski definition) is 2. The average Bonchev–Trinajstić information content (AvgIpc) is 2.94. The fraction of sp³-hybridized carbons (Fsp3) is 0.444. The average molecular weight is 331 g/mol. The van der Waals surface area contributed by atoms with Gasteiger partial charge in [0.2, 0.25) is 0 Å². The predicted molar refractivity (Wildman–Crippen MR) is 95.9 cm³/mol. The molecule has 2 rings (SSSR count). The molecule has 4 nitrogen and oxygen atoms in total. The lowest BCUT2D eigenvalue weighted by atomic mass is 9.93. The molecule has 0 saturated carbocycles. The Morgan fingerprint density at radius 2 is 1.91 bits per heavy atom. The van der Waals surface area contributed by atoms with Gasteiger partial charge in [0.25, 0.3) is 5.91 Å². The molecule has 0 aliphatic carbocycles. The van der Waals surface area contributed by atoms with Gasteiger partial charge in [-0.15, -0.1) is 11.3 Å². The molecule has 0 fully saturated rings. The van der Waals surface area contributed by atoms with Crippen molar-refractivity contribution in [1.29, 1.82) is 0 Å². The summed E-state index contributed by atoms with van der Waals surface area (Å²) in [4.78, 5) is 17.9. The molecule has 1 heterocycles.